The summed E-state index contributed by atoms with van der Waals surface area (Å²) in [6.07, 6.45) is 5.54. The van der Waals surface area contributed by atoms with Crippen LogP contribution in [0.4, 0.5) is 0 Å². The second-order valence-electron chi connectivity index (χ2n) is 7.32. The average molecular weight is 423 g/mol. The van der Waals surface area contributed by atoms with E-state index in [-0.39, 0.29) is 12.5 Å². The van der Waals surface area contributed by atoms with Gasteiger partial charge in [0.1, 0.15) is 5.69 Å². The van der Waals surface area contributed by atoms with E-state index in [2.05, 4.69) is 23.1 Å². The van der Waals surface area contributed by atoms with Gasteiger partial charge < -0.3 is 10.0 Å². The minimum Gasteiger partial charge on any atom is -0.395 e. The van der Waals surface area contributed by atoms with Crippen LogP contribution in [0.25, 0.3) is 16.6 Å². The normalized spacial score (nSPS) is 15.2. The molecule has 7 heteroatoms. The molecule has 1 fully saturated rings. The van der Waals surface area contributed by atoms with E-state index in [1.54, 1.807) is 17.4 Å². The molecule has 30 heavy (non-hydrogen) atoms. The van der Waals surface area contributed by atoms with Crippen molar-refractivity contribution >= 4 is 23.3 Å². The van der Waals surface area contributed by atoms with Crippen molar-refractivity contribution < 1.29 is 9.90 Å². The van der Waals surface area contributed by atoms with Gasteiger partial charge in [-0.25, -0.2) is 0 Å². The van der Waals surface area contributed by atoms with Crippen LogP contribution in [0.15, 0.2) is 60.1 Å². The van der Waals surface area contributed by atoms with Crippen LogP contribution in [0.5, 0.6) is 0 Å². The highest BCUT2D eigenvalue weighted by atomic mass is 32.1. The van der Waals surface area contributed by atoms with Crippen LogP contribution in [0.3, 0.4) is 0 Å². The smallest absolute Gasteiger partial charge is 0.246 e. The van der Waals surface area contributed by atoms with Crippen molar-refractivity contribution in [2.45, 2.75) is 6.54 Å². The van der Waals surface area contributed by atoms with E-state index >= 15 is 0 Å². The Kier molecular flexibility index (Phi) is 6.74. The molecule has 1 saturated heterocycles. The highest BCUT2D eigenvalue weighted by molar-refractivity contribution is 7.13. The fourth-order valence-corrected chi connectivity index (χ4v) is 4.35. The zero-order valence-corrected chi connectivity index (χ0v) is 17.7. The lowest BCUT2D eigenvalue weighted by Crippen LogP contribution is -2.48. The molecule has 1 aliphatic heterocycles. The molecule has 1 aromatic carbocycles. The predicted octanol–water partition coefficient (Wildman–Crippen LogP) is 2.81. The molecule has 0 radical (unpaired) electrons. The summed E-state index contributed by atoms with van der Waals surface area (Å²) in [7, 11) is 0. The van der Waals surface area contributed by atoms with Gasteiger partial charge in [0, 0.05) is 50.6 Å². The number of β-amino-alcohol motifs (C(OH)–C–C–N with tert-alkyl or cyclic N) is 1. The number of amides is 1. The molecule has 1 amide bonds. The van der Waals surface area contributed by atoms with Crippen LogP contribution < -0.4 is 0 Å². The molecule has 1 aliphatic rings. The molecule has 3 heterocycles. The fourth-order valence-electron chi connectivity index (χ4n) is 3.61. The topological polar surface area (TPSA) is 61.6 Å². The number of carbonyl (C=O) groups excluding carboxylic acids is 1. The first kappa shape index (κ1) is 20.5. The summed E-state index contributed by atoms with van der Waals surface area (Å²) in [5.41, 5.74) is 3.03. The Labute approximate surface area is 180 Å². The summed E-state index contributed by atoms with van der Waals surface area (Å²) in [4.78, 5) is 17.8. The summed E-state index contributed by atoms with van der Waals surface area (Å²) in [6.45, 7) is 4.50. The van der Waals surface area contributed by atoms with Gasteiger partial charge in [-0.15, -0.1) is 11.3 Å². The number of thiophene rings is 1. The number of hydrogen-bond donors (Lipinski definition) is 1. The van der Waals surface area contributed by atoms with Gasteiger partial charge in [0.05, 0.1) is 18.0 Å². The van der Waals surface area contributed by atoms with Gasteiger partial charge in [-0.3, -0.25) is 14.4 Å². The van der Waals surface area contributed by atoms with Gasteiger partial charge in [-0.2, -0.15) is 5.10 Å². The zero-order chi connectivity index (χ0) is 20.8. The van der Waals surface area contributed by atoms with Crippen molar-refractivity contribution in [1.82, 2.24) is 19.6 Å². The lowest BCUT2D eigenvalue weighted by Gasteiger charge is -2.33. The molecule has 0 saturated carbocycles. The number of aliphatic hydroxyl groups excluding tert-OH is 1. The van der Waals surface area contributed by atoms with E-state index < -0.39 is 0 Å². The Morgan fingerprint density at radius 1 is 1.10 bits per heavy atom. The molecule has 0 bridgehead atoms. The molecule has 2 aromatic heterocycles. The molecule has 3 aromatic rings. The fraction of sp³-hybridized carbons (Fsp3) is 0.304. The number of hydrogen-bond acceptors (Lipinski definition) is 5. The average Bonchev–Trinajstić information content (AvgIpc) is 3.43. The minimum atomic E-state index is 0.0200. The van der Waals surface area contributed by atoms with Crippen LogP contribution >= 0.6 is 11.3 Å². The maximum absolute atomic E-state index is 12.7. The van der Waals surface area contributed by atoms with E-state index in [1.807, 2.05) is 51.5 Å². The Morgan fingerprint density at radius 3 is 2.60 bits per heavy atom. The molecular weight excluding hydrogens is 396 g/mol. The summed E-state index contributed by atoms with van der Waals surface area (Å²) in [5.74, 6) is 0.0200. The quantitative estimate of drug-likeness (QED) is 0.595. The number of aromatic nitrogens is 2. The van der Waals surface area contributed by atoms with Crippen LogP contribution in [0.1, 0.15) is 11.1 Å². The highest BCUT2D eigenvalue weighted by Crippen LogP contribution is 2.28. The Hall–Kier alpha value is -2.74. The molecule has 0 atom stereocenters. The Balaban J connectivity index is 1.49. The number of piperazine rings is 1. The van der Waals surface area contributed by atoms with Crippen molar-refractivity contribution in [2.75, 3.05) is 39.3 Å². The van der Waals surface area contributed by atoms with E-state index in [9.17, 15) is 4.79 Å². The molecule has 0 aliphatic carbocycles. The first-order valence-electron chi connectivity index (χ1n) is 10.2. The highest BCUT2D eigenvalue weighted by Gasteiger charge is 2.19. The summed E-state index contributed by atoms with van der Waals surface area (Å²) < 4.78 is 1.93. The molecule has 1 N–H and O–H groups in total. The second-order valence-corrected chi connectivity index (χ2v) is 8.27. The lowest BCUT2D eigenvalue weighted by molar-refractivity contribution is -0.127. The largest absolute Gasteiger partial charge is 0.395 e. The summed E-state index contributed by atoms with van der Waals surface area (Å²) in [6, 6.07) is 14.3. The van der Waals surface area contributed by atoms with E-state index in [4.69, 9.17) is 10.2 Å². The van der Waals surface area contributed by atoms with Crippen molar-refractivity contribution in [3.63, 3.8) is 0 Å². The SMILES string of the molecule is O=C(/C=C/c1cn(Cc2ccccc2)nc1-c1cccs1)N1CCN(CCO)CC1. The Morgan fingerprint density at radius 2 is 1.90 bits per heavy atom. The summed E-state index contributed by atoms with van der Waals surface area (Å²) >= 11 is 1.65. The maximum atomic E-state index is 12.7. The van der Waals surface area contributed by atoms with E-state index in [1.165, 1.54) is 5.56 Å². The lowest BCUT2D eigenvalue weighted by atomic mass is 10.2. The number of benzene rings is 1. The third-order valence-electron chi connectivity index (χ3n) is 5.24. The van der Waals surface area contributed by atoms with Gasteiger partial charge >= 0.3 is 0 Å². The third kappa shape index (κ3) is 5.05. The van der Waals surface area contributed by atoms with Crippen molar-refractivity contribution in [2.24, 2.45) is 0 Å². The third-order valence-corrected chi connectivity index (χ3v) is 6.11. The van der Waals surface area contributed by atoms with Crippen molar-refractivity contribution in [3.05, 3.63) is 71.2 Å². The zero-order valence-electron chi connectivity index (χ0n) is 16.9. The van der Waals surface area contributed by atoms with Gasteiger partial charge in [0.15, 0.2) is 0 Å². The number of nitrogens with zero attached hydrogens (tertiary/aromatic N) is 4. The van der Waals surface area contributed by atoms with Gasteiger partial charge in [0.2, 0.25) is 5.91 Å². The van der Waals surface area contributed by atoms with Crippen molar-refractivity contribution in [3.8, 4) is 10.6 Å². The molecular formula is C23H26N4O2S. The molecule has 6 nitrogen and oxygen atoms in total. The van der Waals surface area contributed by atoms with E-state index in [0.717, 1.165) is 29.2 Å². The molecule has 0 unspecified atom stereocenters. The first-order chi connectivity index (χ1) is 14.7. The van der Waals surface area contributed by atoms with Crippen LogP contribution in [-0.4, -0.2) is 69.9 Å². The number of aliphatic hydroxyl groups is 1. The van der Waals surface area contributed by atoms with Crippen LogP contribution in [0.2, 0.25) is 0 Å². The molecule has 156 valence electrons. The van der Waals surface area contributed by atoms with Crippen molar-refractivity contribution in [1.29, 1.82) is 0 Å². The van der Waals surface area contributed by atoms with Gasteiger partial charge in [-0.1, -0.05) is 36.4 Å². The molecule has 0 spiro atoms. The Bertz CT molecular complexity index is 974. The maximum Gasteiger partial charge on any atom is 0.246 e. The standard InChI is InChI=1S/C23H26N4O2S/c28-15-14-25-10-12-26(13-11-25)22(29)9-8-20-18-27(17-19-5-2-1-3-6-19)24-23(20)21-7-4-16-30-21/h1-9,16,18,28H,10-15,17H2/b9-8+. The molecule has 4 rings (SSSR count). The van der Waals surface area contributed by atoms with Crippen LogP contribution in [0, 0.1) is 0 Å². The monoisotopic (exact) mass is 422 g/mol. The van der Waals surface area contributed by atoms with Crippen LogP contribution in [-0.2, 0) is 11.3 Å². The predicted molar refractivity (Wildman–Crippen MR) is 120 cm³/mol. The number of rotatable bonds is 7. The first-order valence-corrected chi connectivity index (χ1v) is 11.1. The minimum absolute atomic E-state index is 0.0200. The number of carbonyl (C=O) groups is 1. The van der Waals surface area contributed by atoms with E-state index in [0.29, 0.717) is 26.2 Å². The second kappa shape index (κ2) is 9.84. The van der Waals surface area contributed by atoms with Gasteiger partial charge in [-0.05, 0) is 23.1 Å². The summed E-state index contributed by atoms with van der Waals surface area (Å²) in [5, 5.41) is 15.9. The van der Waals surface area contributed by atoms with Gasteiger partial charge in [0.25, 0.3) is 0 Å².